The van der Waals surface area contributed by atoms with Crippen LogP contribution in [-0.2, 0) is 11.2 Å². The van der Waals surface area contributed by atoms with Crippen LogP contribution in [-0.4, -0.2) is 39.8 Å². The highest BCUT2D eigenvalue weighted by Gasteiger charge is 2.34. The van der Waals surface area contributed by atoms with Crippen molar-refractivity contribution in [1.82, 2.24) is 9.97 Å². The van der Waals surface area contributed by atoms with Crippen LogP contribution in [0.5, 0.6) is 5.75 Å². The lowest BCUT2D eigenvalue weighted by molar-refractivity contribution is -0.108. The number of aromatic nitrogens is 2. The lowest BCUT2D eigenvalue weighted by Gasteiger charge is -2.30. The van der Waals surface area contributed by atoms with Crippen molar-refractivity contribution < 1.29 is 23.1 Å². The molecule has 0 aliphatic carbocycles. The van der Waals surface area contributed by atoms with Gasteiger partial charge in [0.2, 0.25) is 0 Å². The summed E-state index contributed by atoms with van der Waals surface area (Å²) < 4.78 is 29.9. The smallest absolute Gasteiger partial charge is 0.420 e. The van der Waals surface area contributed by atoms with E-state index in [4.69, 9.17) is 11.6 Å². The molecule has 0 saturated carbocycles. The standard InChI is InChI=1S/C24H21ClF2N4O3/c1-14(2)31-19(12-32)8-15-7-16(9-21(22(15)31)17-10-28-13-29-11-17)23(33)30-18-3-5-20(6-4-18)34-24(25,26)27/h3-7,9-14,19H,8H2,1-2H3,(H,30,33). The van der Waals surface area contributed by atoms with Crippen LogP contribution in [0.3, 0.4) is 0 Å². The first-order valence-corrected chi connectivity index (χ1v) is 10.9. The third-order valence-corrected chi connectivity index (χ3v) is 5.50. The molecule has 0 fully saturated rings. The van der Waals surface area contributed by atoms with E-state index in [2.05, 4.69) is 20.0 Å². The van der Waals surface area contributed by atoms with Crippen LogP contribution in [0.25, 0.3) is 11.1 Å². The van der Waals surface area contributed by atoms with E-state index in [1.807, 2.05) is 18.7 Å². The number of hydrogen-bond acceptors (Lipinski definition) is 6. The van der Waals surface area contributed by atoms with Gasteiger partial charge in [-0.15, -0.1) is 8.78 Å². The Morgan fingerprint density at radius 3 is 2.50 bits per heavy atom. The normalized spacial score (nSPS) is 15.2. The largest absolute Gasteiger partial charge is 0.487 e. The number of carbonyl (C=O) groups excluding carboxylic acids is 2. The number of amides is 1. The lowest BCUT2D eigenvalue weighted by Crippen LogP contribution is -2.38. The van der Waals surface area contributed by atoms with E-state index in [1.165, 1.54) is 30.6 Å². The minimum absolute atomic E-state index is 0.0561. The summed E-state index contributed by atoms with van der Waals surface area (Å²) in [5, 5.41) is 2.75. The molecule has 0 radical (unpaired) electrons. The maximum Gasteiger partial charge on any atom is 0.487 e. The highest BCUT2D eigenvalue weighted by atomic mass is 35.5. The minimum atomic E-state index is -3.82. The van der Waals surface area contributed by atoms with E-state index in [0.717, 1.165) is 23.1 Å². The van der Waals surface area contributed by atoms with Gasteiger partial charge in [-0.25, -0.2) is 9.97 Å². The molecule has 1 N–H and O–H groups in total. The van der Waals surface area contributed by atoms with Gasteiger partial charge < -0.3 is 19.7 Å². The molecule has 7 nitrogen and oxygen atoms in total. The number of anilines is 2. The molecule has 1 aromatic heterocycles. The quantitative estimate of drug-likeness (QED) is 0.377. The van der Waals surface area contributed by atoms with Crippen molar-refractivity contribution in [1.29, 1.82) is 0 Å². The highest BCUT2D eigenvalue weighted by Crippen LogP contribution is 2.42. The molecule has 1 aliphatic heterocycles. The summed E-state index contributed by atoms with van der Waals surface area (Å²) in [6, 6.07) is 8.62. The Morgan fingerprint density at radius 2 is 1.91 bits per heavy atom. The topological polar surface area (TPSA) is 84.4 Å². The first-order chi connectivity index (χ1) is 16.2. The van der Waals surface area contributed by atoms with Crippen LogP contribution < -0.4 is 15.0 Å². The van der Waals surface area contributed by atoms with Crippen LogP contribution in [0, 0.1) is 0 Å². The number of alkyl halides is 3. The van der Waals surface area contributed by atoms with Crippen molar-refractivity contribution in [3.8, 4) is 16.9 Å². The SMILES string of the molecule is CC(C)N1c2c(cc(C(=O)Nc3ccc(OC(F)(F)Cl)cc3)cc2-c2cncnc2)CC1C=O. The monoisotopic (exact) mass is 486 g/mol. The zero-order chi connectivity index (χ0) is 24.5. The van der Waals surface area contributed by atoms with Gasteiger partial charge >= 0.3 is 5.57 Å². The van der Waals surface area contributed by atoms with Gasteiger partial charge in [0.05, 0.1) is 6.04 Å². The third-order valence-electron chi connectivity index (χ3n) is 5.43. The van der Waals surface area contributed by atoms with Crippen LogP contribution >= 0.6 is 11.6 Å². The molecular weight excluding hydrogens is 466 g/mol. The number of halogens is 3. The molecule has 2 aromatic carbocycles. The highest BCUT2D eigenvalue weighted by molar-refractivity contribution is 6.20. The summed E-state index contributed by atoms with van der Waals surface area (Å²) in [6.07, 6.45) is 6.11. The van der Waals surface area contributed by atoms with Gasteiger partial charge in [0, 0.05) is 64.5 Å². The molecule has 2 heterocycles. The second-order valence-corrected chi connectivity index (χ2v) is 8.53. The summed E-state index contributed by atoms with van der Waals surface area (Å²) in [6.45, 7) is 4.01. The van der Waals surface area contributed by atoms with Crippen molar-refractivity contribution >= 4 is 35.2 Å². The zero-order valence-electron chi connectivity index (χ0n) is 18.3. The maximum absolute atomic E-state index is 13.1. The van der Waals surface area contributed by atoms with E-state index in [-0.39, 0.29) is 17.8 Å². The molecule has 1 unspecified atom stereocenters. The fraction of sp³-hybridized carbons (Fsp3) is 0.250. The zero-order valence-corrected chi connectivity index (χ0v) is 19.1. The number of carbonyl (C=O) groups is 2. The van der Waals surface area contributed by atoms with Crippen molar-refractivity contribution in [2.45, 2.75) is 37.9 Å². The van der Waals surface area contributed by atoms with Crippen LogP contribution in [0.2, 0.25) is 0 Å². The summed E-state index contributed by atoms with van der Waals surface area (Å²) >= 11 is 4.77. The van der Waals surface area contributed by atoms with E-state index in [0.29, 0.717) is 23.2 Å². The number of benzene rings is 2. The molecule has 4 rings (SSSR count). The average Bonchev–Trinajstić information content (AvgIpc) is 3.18. The summed E-state index contributed by atoms with van der Waals surface area (Å²) in [5.41, 5.74) is 0.141. The van der Waals surface area contributed by atoms with E-state index >= 15 is 0 Å². The van der Waals surface area contributed by atoms with Gasteiger partial charge in [-0.2, -0.15) is 0 Å². The first-order valence-electron chi connectivity index (χ1n) is 10.5. The summed E-state index contributed by atoms with van der Waals surface area (Å²) in [7, 11) is 0. The molecule has 0 spiro atoms. The van der Waals surface area contributed by atoms with Crippen molar-refractivity contribution in [3.05, 3.63) is 66.2 Å². The number of hydrogen-bond donors (Lipinski definition) is 1. The molecule has 176 valence electrons. The fourth-order valence-electron chi connectivity index (χ4n) is 4.13. The average molecular weight is 487 g/mol. The Morgan fingerprint density at radius 1 is 1.24 bits per heavy atom. The van der Waals surface area contributed by atoms with Crippen molar-refractivity contribution in [3.63, 3.8) is 0 Å². The number of nitrogens with one attached hydrogen (secondary N) is 1. The van der Waals surface area contributed by atoms with Gasteiger partial charge in [0.1, 0.15) is 18.4 Å². The van der Waals surface area contributed by atoms with E-state index < -0.39 is 11.5 Å². The summed E-state index contributed by atoms with van der Waals surface area (Å²) in [4.78, 5) is 35.1. The molecule has 3 aromatic rings. The molecule has 1 atom stereocenters. The number of rotatable bonds is 7. The Balaban J connectivity index is 1.68. The minimum Gasteiger partial charge on any atom is -0.420 e. The molecule has 10 heteroatoms. The van der Waals surface area contributed by atoms with Gasteiger partial charge in [0.15, 0.2) is 0 Å². The molecular formula is C24H21ClF2N4O3. The van der Waals surface area contributed by atoms with Crippen LogP contribution in [0.15, 0.2) is 55.1 Å². The third kappa shape index (κ3) is 4.99. The predicted octanol–water partition coefficient (Wildman–Crippen LogP) is 4.90. The molecule has 34 heavy (non-hydrogen) atoms. The van der Waals surface area contributed by atoms with Crippen LogP contribution in [0.1, 0.15) is 29.8 Å². The maximum atomic E-state index is 13.1. The molecule has 1 aliphatic rings. The Kier molecular flexibility index (Phi) is 6.47. The van der Waals surface area contributed by atoms with E-state index in [9.17, 15) is 18.4 Å². The lowest BCUT2D eigenvalue weighted by atomic mass is 9.97. The Hall–Kier alpha value is -3.59. The predicted molar refractivity (Wildman–Crippen MR) is 124 cm³/mol. The van der Waals surface area contributed by atoms with E-state index in [1.54, 1.807) is 24.5 Å². The van der Waals surface area contributed by atoms with Gasteiger partial charge in [-0.05, 0) is 55.8 Å². The van der Waals surface area contributed by atoms with Crippen molar-refractivity contribution in [2.24, 2.45) is 0 Å². The fourth-order valence-corrected chi connectivity index (χ4v) is 4.22. The number of nitrogens with zero attached hydrogens (tertiary/aromatic N) is 3. The van der Waals surface area contributed by atoms with Crippen molar-refractivity contribution in [2.75, 3.05) is 10.2 Å². The Labute approximate surface area is 199 Å². The van der Waals surface area contributed by atoms with Gasteiger partial charge in [-0.1, -0.05) is 0 Å². The molecule has 0 bridgehead atoms. The number of ether oxygens (including phenoxy) is 1. The summed E-state index contributed by atoms with van der Waals surface area (Å²) in [5.74, 6) is -0.543. The van der Waals surface area contributed by atoms with Gasteiger partial charge in [0.25, 0.3) is 5.91 Å². The first kappa shape index (κ1) is 23.6. The Bertz CT molecular complexity index is 1200. The second kappa shape index (κ2) is 9.34. The van der Waals surface area contributed by atoms with Gasteiger partial charge in [-0.3, -0.25) is 4.79 Å². The second-order valence-electron chi connectivity index (χ2n) is 8.09. The molecule has 0 saturated heterocycles. The molecule has 1 amide bonds. The number of fused-ring (bicyclic) bond motifs is 1. The number of aldehydes is 1. The van der Waals surface area contributed by atoms with Crippen LogP contribution in [0.4, 0.5) is 20.2 Å².